The van der Waals surface area contributed by atoms with Crippen LogP contribution in [0.4, 0.5) is 0 Å². The monoisotopic (exact) mass is 263 g/mol. The molecular weight excluding hydrogens is 250 g/mol. The predicted molar refractivity (Wildman–Crippen MR) is 70.9 cm³/mol. The molecule has 3 rings (SSSR count). The molecule has 1 fully saturated rings. The van der Waals surface area contributed by atoms with E-state index in [1.165, 1.54) is 0 Å². The Morgan fingerprint density at radius 2 is 2.22 bits per heavy atom. The van der Waals surface area contributed by atoms with Crippen molar-refractivity contribution in [3.8, 4) is 0 Å². The van der Waals surface area contributed by atoms with E-state index in [1.54, 1.807) is 12.1 Å². The van der Waals surface area contributed by atoms with Crippen molar-refractivity contribution in [1.82, 2.24) is 0 Å². The number of benzene rings is 1. The molecular formula is C14H14ClNO2. The van der Waals surface area contributed by atoms with Crippen molar-refractivity contribution in [2.75, 3.05) is 6.54 Å². The minimum atomic E-state index is -0.402. The van der Waals surface area contributed by atoms with E-state index in [9.17, 15) is 4.79 Å². The summed E-state index contributed by atoms with van der Waals surface area (Å²) in [5, 5.41) is 1.39. The van der Waals surface area contributed by atoms with E-state index in [0.717, 1.165) is 24.6 Å². The van der Waals surface area contributed by atoms with Crippen molar-refractivity contribution in [2.45, 2.75) is 19.3 Å². The number of hydrogen-bond acceptors (Lipinski definition) is 3. The van der Waals surface area contributed by atoms with Crippen LogP contribution in [0.1, 0.15) is 29.8 Å². The molecule has 0 atom stereocenters. The largest absolute Gasteiger partial charge is 0.451 e. The molecule has 1 heterocycles. The van der Waals surface area contributed by atoms with Crippen LogP contribution < -0.4 is 5.73 Å². The van der Waals surface area contributed by atoms with Gasteiger partial charge in [0.05, 0.1) is 5.02 Å². The highest BCUT2D eigenvalue weighted by molar-refractivity contribution is 6.34. The summed E-state index contributed by atoms with van der Waals surface area (Å²) in [4.78, 5) is 12.4. The zero-order chi connectivity index (χ0) is 12.8. The lowest BCUT2D eigenvalue weighted by Gasteiger charge is -2.38. The van der Waals surface area contributed by atoms with Crippen LogP contribution in [0.15, 0.2) is 28.7 Å². The molecule has 0 saturated heterocycles. The Morgan fingerprint density at radius 1 is 1.44 bits per heavy atom. The molecule has 0 radical (unpaired) electrons. The van der Waals surface area contributed by atoms with Crippen LogP contribution in [-0.2, 0) is 0 Å². The number of rotatable bonds is 3. The van der Waals surface area contributed by atoms with E-state index in [1.807, 2.05) is 12.1 Å². The molecule has 1 aromatic heterocycles. The number of carbonyl (C=O) groups excluding carboxylic acids is 1. The summed E-state index contributed by atoms with van der Waals surface area (Å²) in [5.74, 6) is 0.395. The van der Waals surface area contributed by atoms with Crippen molar-refractivity contribution in [2.24, 2.45) is 11.1 Å². The second-order valence-electron chi connectivity index (χ2n) is 4.94. The van der Waals surface area contributed by atoms with Crippen molar-refractivity contribution in [3.05, 3.63) is 35.0 Å². The minimum absolute atomic E-state index is 0.0171. The van der Waals surface area contributed by atoms with Crippen LogP contribution >= 0.6 is 11.6 Å². The molecule has 3 nitrogen and oxygen atoms in total. The first-order chi connectivity index (χ1) is 8.66. The van der Waals surface area contributed by atoms with Gasteiger partial charge in [0.1, 0.15) is 0 Å². The second kappa shape index (κ2) is 4.11. The van der Waals surface area contributed by atoms with Gasteiger partial charge in [-0.25, -0.2) is 0 Å². The van der Waals surface area contributed by atoms with Gasteiger partial charge < -0.3 is 10.2 Å². The Bertz CT molecular complexity index is 608. The maximum atomic E-state index is 12.4. The van der Waals surface area contributed by atoms with Gasteiger partial charge in [-0.05, 0) is 25.0 Å². The fourth-order valence-electron chi connectivity index (χ4n) is 2.53. The summed E-state index contributed by atoms with van der Waals surface area (Å²) in [6.07, 6.45) is 2.77. The molecule has 2 aromatic rings. The molecule has 18 heavy (non-hydrogen) atoms. The van der Waals surface area contributed by atoms with Crippen molar-refractivity contribution in [3.63, 3.8) is 0 Å². The normalized spacial score (nSPS) is 17.7. The molecule has 0 aliphatic heterocycles. The van der Waals surface area contributed by atoms with Gasteiger partial charge in [0.2, 0.25) is 5.78 Å². The fourth-order valence-corrected chi connectivity index (χ4v) is 2.75. The highest BCUT2D eigenvalue weighted by atomic mass is 35.5. The zero-order valence-electron chi connectivity index (χ0n) is 9.91. The van der Waals surface area contributed by atoms with E-state index in [4.69, 9.17) is 21.8 Å². The van der Waals surface area contributed by atoms with Gasteiger partial charge in [-0.15, -0.1) is 0 Å². The van der Waals surface area contributed by atoms with Gasteiger partial charge in [0, 0.05) is 17.3 Å². The quantitative estimate of drug-likeness (QED) is 0.864. The van der Waals surface area contributed by atoms with E-state index in [-0.39, 0.29) is 5.78 Å². The summed E-state index contributed by atoms with van der Waals surface area (Å²) < 4.78 is 5.61. The molecule has 4 heteroatoms. The van der Waals surface area contributed by atoms with Crippen molar-refractivity contribution in [1.29, 1.82) is 0 Å². The van der Waals surface area contributed by atoms with Gasteiger partial charge in [-0.1, -0.05) is 30.2 Å². The Labute approximate surface area is 110 Å². The third-order valence-electron chi connectivity index (χ3n) is 3.90. The summed E-state index contributed by atoms with van der Waals surface area (Å²) in [6, 6.07) is 7.25. The molecule has 0 bridgehead atoms. The lowest BCUT2D eigenvalue weighted by Crippen LogP contribution is -2.44. The zero-order valence-corrected chi connectivity index (χ0v) is 10.7. The molecule has 1 aromatic carbocycles. The number of nitrogens with two attached hydrogens (primary N) is 1. The summed E-state index contributed by atoms with van der Waals surface area (Å²) >= 11 is 6.04. The van der Waals surface area contributed by atoms with Gasteiger partial charge >= 0.3 is 0 Å². The summed E-state index contributed by atoms with van der Waals surface area (Å²) in [7, 11) is 0. The van der Waals surface area contributed by atoms with E-state index in [0.29, 0.717) is 22.9 Å². The lowest BCUT2D eigenvalue weighted by molar-refractivity contribution is 0.0606. The lowest BCUT2D eigenvalue weighted by atomic mass is 9.65. The molecule has 0 spiro atoms. The molecule has 94 valence electrons. The van der Waals surface area contributed by atoms with Gasteiger partial charge in [0.25, 0.3) is 0 Å². The maximum Gasteiger partial charge on any atom is 0.205 e. The number of furan rings is 1. The molecule has 0 amide bonds. The summed E-state index contributed by atoms with van der Waals surface area (Å²) in [6.45, 7) is 0.386. The average molecular weight is 264 g/mol. The number of fused-ring (bicyclic) bond motifs is 1. The first kappa shape index (κ1) is 11.8. The third-order valence-corrected chi connectivity index (χ3v) is 4.20. The topological polar surface area (TPSA) is 56.2 Å². The van der Waals surface area contributed by atoms with Crippen LogP contribution in [0.2, 0.25) is 5.02 Å². The smallest absolute Gasteiger partial charge is 0.205 e. The molecule has 1 aliphatic carbocycles. The van der Waals surface area contributed by atoms with Gasteiger partial charge in [-0.2, -0.15) is 0 Å². The highest BCUT2D eigenvalue weighted by Crippen LogP contribution is 2.43. The Balaban J connectivity index is 2.04. The average Bonchev–Trinajstić information content (AvgIpc) is 2.73. The molecule has 2 N–H and O–H groups in total. The number of ketones is 1. The Kier molecular flexibility index (Phi) is 2.68. The molecule has 1 aliphatic rings. The number of Topliss-reactive ketones (excluding diaryl/α,β-unsaturated/α-hetero) is 1. The van der Waals surface area contributed by atoms with Gasteiger partial charge in [-0.3, -0.25) is 4.79 Å². The maximum absolute atomic E-state index is 12.4. The van der Waals surface area contributed by atoms with Gasteiger partial charge in [0.15, 0.2) is 11.3 Å². The molecule has 1 saturated carbocycles. The highest BCUT2D eigenvalue weighted by Gasteiger charge is 2.44. The van der Waals surface area contributed by atoms with Crippen LogP contribution in [0, 0.1) is 5.41 Å². The number of para-hydroxylation sites is 1. The Morgan fingerprint density at radius 3 is 2.78 bits per heavy atom. The third kappa shape index (κ3) is 1.58. The van der Waals surface area contributed by atoms with Crippen LogP contribution in [-0.4, -0.2) is 12.3 Å². The number of halogens is 1. The van der Waals surface area contributed by atoms with E-state index >= 15 is 0 Å². The summed E-state index contributed by atoms with van der Waals surface area (Å²) in [5.41, 5.74) is 5.92. The second-order valence-corrected chi connectivity index (χ2v) is 5.34. The molecule has 0 unspecified atom stereocenters. The number of carbonyl (C=O) groups is 1. The first-order valence-corrected chi connectivity index (χ1v) is 6.47. The minimum Gasteiger partial charge on any atom is -0.451 e. The van der Waals surface area contributed by atoms with Crippen LogP contribution in [0.5, 0.6) is 0 Å². The van der Waals surface area contributed by atoms with Crippen LogP contribution in [0.25, 0.3) is 11.0 Å². The predicted octanol–water partition coefficient (Wildman–Crippen LogP) is 3.40. The van der Waals surface area contributed by atoms with Crippen molar-refractivity contribution >= 4 is 28.4 Å². The van der Waals surface area contributed by atoms with Crippen LogP contribution in [0.3, 0.4) is 0 Å². The number of hydrogen-bond donors (Lipinski definition) is 1. The standard InChI is InChI=1S/C14H14ClNO2/c15-10-4-1-3-9-7-11(18-12(9)10)13(17)14(8-16)5-2-6-14/h1,3-4,7H,2,5-6,8,16H2. The van der Waals surface area contributed by atoms with E-state index < -0.39 is 5.41 Å². The Hall–Kier alpha value is -1.32. The SMILES string of the molecule is NCC1(C(=O)c2cc3cccc(Cl)c3o2)CCC1. The first-order valence-electron chi connectivity index (χ1n) is 6.09. The van der Waals surface area contributed by atoms with Crippen molar-refractivity contribution < 1.29 is 9.21 Å². The fraction of sp³-hybridized carbons (Fsp3) is 0.357. The van der Waals surface area contributed by atoms with E-state index in [2.05, 4.69) is 0 Å².